The van der Waals surface area contributed by atoms with Gasteiger partial charge >= 0.3 is 35.2 Å². The minimum absolute atomic E-state index is 0. The number of aromatic nitrogens is 6. The fourth-order valence-electron chi connectivity index (χ4n) is 9.58. The molecule has 0 bridgehead atoms. The maximum absolute atomic E-state index is 15.0. The van der Waals surface area contributed by atoms with Gasteiger partial charge in [-0.2, -0.15) is 10.2 Å². The summed E-state index contributed by atoms with van der Waals surface area (Å²) in [6.45, 7) is 10.2. The number of unbranched alkanes of at least 4 members (excludes halogenated alkanes) is 11. The number of aliphatic hydroxyl groups excluding tert-OH is 1. The van der Waals surface area contributed by atoms with Crippen LogP contribution in [0, 0.1) is 17.6 Å². The van der Waals surface area contributed by atoms with Gasteiger partial charge in [-0.25, -0.2) is 32.5 Å². The molecule has 0 aliphatic carbocycles. The van der Waals surface area contributed by atoms with E-state index in [-0.39, 0.29) is 60.2 Å². The Kier molecular flexibility index (Phi) is 24.5. The van der Waals surface area contributed by atoms with Crippen molar-refractivity contribution in [3.8, 4) is 11.4 Å². The van der Waals surface area contributed by atoms with Crippen molar-refractivity contribution >= 4 is 17.3 Å². The first-order valence-electron chi connectivity index (χ1n) is 25.9. The third kappa shape index (κ3) is 17.4. The fraction of sp³-hybridized carbons (Fsp3) is 0.545. The summed E-state index contributed by atoms with van der Waals surface area (Å²) in [5.74, 6) is -1.48. The minimum Gasteiger partial charge on any atom is -0.550 e. The van der Waals surface area contributed by atoms with Gasteiger partial charge in [0.1, 0.15) is 42.0 Å². The molecule has 0 amide bonds. The van der Waals surface area contributed by atoms with Crippen LogP contribution in [0.15, 0.2) is 103 Å². The summed E-state index contributed by atoms with van der Waals surface area (Å²) in [4.78, 5) is 31.9. The number of hydrogen-bond donors (Lipinski definition) is 1. The number of anilines is 2. The van der Waals surface area contributed by atoms with E-state index < -0.39 is 29.3 Å². The zero-order valence-electron chi connectivity index (χ0n) is 43.1. The van der Waals surface area contributed by atoms with Gasteiger partial charge in [-0.15, -0.1) is 0 Å². The van der Waals surface area contributed by atoms with E-state index in [1.54, 1.807) is 17.9 Å². The van der Waals surface area contributed by atoms with Gasteiger partial charge in [0.15, 0.2) is 0 Å². The molecule has 2 aromatic heterocycles. The molecule has 3 aromatic carbocycles. The summed E-state index contributed by atoms with van der Waals surface area (Å²) >= 11 is 0. The Morgan fingerprint density at radius 3 is 2.00 bits per heavy atom. The number of halogens is 2. The van der Waals surface area contributed by atoms with Crippen LogP contribution in [0.3, 0.4) is 0 Å². The molecule has 72 heavy (non-hydrogen) atoms. The van der Waals surface area contributed by atoms with Gasteiger partial charge in [-0.05, 0) is 113 Å². The Bertz CT molecular complexity index is 2410. The average Bonchev–Trinajstić information content (AvgIpc) is 4.14. The van der Waals surface area contributed by atoms with Crippen LogP contribution in [0.4, 0.5) is 20.2 Å². The molecular weight excluding hydrogens is 930 g/mol. The van der Waals surface area contributed by atoms with Crippen LogP contribution in [0.2, 0.25) is 0 Å². The minimum atomic E-state index is -1.02. The van der Waals surface area contributed by atoms with Crippen LogP contribution in [0.1, 0.15) is 135 Å². The molecule has 5 aromatic rings. The van der Waals surface area contributed by atoms with Gasteiger partial charge in [-0.1, -0.05) is 83.4 Å². The molecule has 1 unspecified atom stereocenters. The molecule has 386 valence electrons. The molecule has 1 N–H and O–H groups in total. The van der Waals surface area contributed by atoms with E-state index >= 15 is 0 Å². The topological polar surface area (TPSA) is 156 Å². The molecule has 4 atom stereocenters. The summed E-state index contributed by atoms with van der Waals surface area (Å²) in [7, 11) is 0. The largest absolute Gasteiger partial charge is 1.00 e. The number of carbonyl (C=O) groups is 1. The predicted molar refractivity (Wildman–Crippen MR) is 272 cm³/mol. The molecule has 7 rings (SSSR count). The van der Waals surface area contributed by atoms with Gasteiger partial charge in [0.25, 0.3) is 0 Å². The Morgan fingerprint density at radius 2 is 1.43 bits per heavy atom. The van der Waals surface area contributed by atoms with E-state index in [0.29, 0.717) is 31.6 Å². The summed E-state index contributed by atoms with van der Waals surface area (Å²) in [5, 5.41) is 28.7. The zero-order valence-corrected chi connectivity index (χ0v) is 45.1. The molecular formula is C55H75F2N8NaO6. The summed E-state index contributed by atoms with van der Waals surface area (Å²) in [5.41, 5.74) is 1.93. The monoisotopic (exact) mass is 1000 g/mol. The van der Waals surface area contributed by atoms with Crippen molar-refractivity contribution < 1.29 is 62.8 Å². The van der Waals surface area contributed by atoms with Crippen LogP contribution >= 0.6 is 0 Å². The quantitative estimate of drug-likeness (QED) is 0.0356. The van der Waals surface area contributed by atoms with Crippen LogP contribution in [0.25, 0.3) is 5.69 Å². The van der Waals surface area contributed by atoms with Gasteiger partial charge in [0.05, 0.1) is 37.6 Å². The molecule has 4 heterocycles. The third-order valence-electron chi connectivity index (χ3n) is 13.6. The summed E-state index contributed by atoms with van der Waals surface area (Å²) in [6, 6.07) is 19.2. The number of hydrogen-bond acceptors (Lipinski definition) is 11. The molecule has 2 aliphatic heterocycles. The molecule has 17 heteroatoms. The Labute approximate surface area is 446 Å². The second kappa shape index (κ2) is 30.4. The first kappa shape index (κ1) is 58.0. The van der Waals surface area contributed by atoms with E-state index in [4.69, 9.17) is 9.47 Å². The van der Waals surface area contributed by atoms with Crippen molar-refractivity contribution in [2.45, 2.75) is 148 Å². The number of nitrogens with zero attached hydrogens (tertiary/aromatic N) is 8. The van der Waals surface area contributed by atoms with Crippen LogP contribution in [-0.2, 0) is 21.7 Å². The maximum Gasteiger partial charge on any atom is 1.00 e. The van der Waals surface area contributed by atoms with Gasteiger partial charge in [-0.3, -0.25) is 0 Å². The number of piperazine rings is 1. The number of rotatable bonds is 27. The molecule has 2 saturated heterocycles. The third-order valence-corrected chi connectivity index (χ3v) is 13.6. The van der Waals surface area contributed by atoms with E-state index in [0.717, 1.165) is 74.3 Å². The number of carboxylic acids is 1. The molecule has 0 spiro atoms. The molecule has 2 aliphatic rings. The number of carboxylic acid groups (broad SMARTS) is 1. The first-order chi connectivity index (χ1) is 34.5. The zero-order chi connectivity index (χ0) is 50.4. The van der Waals surface area contributed by atoms with Crippen molar-refractivity contribution in [1.29, 1.82) is 0 Å². The van der Waals surface area contributed by atoms with E-state index in [1.807, 2.05) is 43.3 Å². The van der Waals surface area contributed by atoms with E-state index in [2.05, 4.69) is 56.2 Å². The first-order valence-corrected chi connectivity index (χ1v) is 25.9. The summed E-state index contributed by atoms with van der Waals surface area (Å²) < 4.78 is 45.6. The smallest absolute Gasteiger partial charge is 0.550 e. The second-order valence-corrected chi connectivity index (χ2v) is 19.0. The van der Waals surface area contributed by atoms with Crippen molar-refractivity contribution in [2.75, 3.05) is 49.2 Å². The van der Waals surface area contributed by atoms with Crippen molar-refractivity contribution in [1.82, 2.24) is 29.1 Å². The fourth-order valence-corrected chi connectivity index (χ4v) is 9.58. The van der Waals surface area contributed by atoms with Crippen molar-refractivity contribution in [2.24, 2.45) is 5.92 Å². The Hall–Kier alpha value is -4.87. The summed E-state index contributed by atoms with van der Waals surface area (Å²) in [6.07, 6.45) is 25.8. The molecule has 2 fully saturated rings. The van der Waals surface area contributed by atoms with Gasteiger partial charge in [0.2, 0.25) is 0 Å². The average molecular weight is 1010 g/mol. The SMILES string of the molecule is CCCCCCCC/C=C\CCCCCCCC(=O)[O-].CC[C@@H]([C@H](C)O)n1ncn(-c2ccc(N3CCN(c4ccc(OCC5CO[C@@](Cn6cncn6)(c6ccc(F)cc6F)C5)cc4)CC3)cc2)c1=O.[Na+]. The maximum atomic E-state index is 15.0. The number of carbonyl (C=O) groups excluding carboxylic acids is 1. The Balaban J connectivity index is 0.000000390. The van der Waals surface area contributed by atoms with Crippen molar-refractivity contribution in [3.63, 3.8) is 0 Å². The predicted octanol–water partition coefficient (Wildman–Crippen LogP) is 6.35. The number of aliphatic carboxylic acids is 1. The molecule has 14 nitrogen and oxygen atoms in total. The van der Waals surface area contributed by atoms with Crippen molar-refractivity contribution in [3.05, 3.63) is 126 Å². The number of allylic oxidation sites excluding steroid dienone is 2. The van der Waals surface area contributed by atoms with Crippen LogP contribution < -0.4 is 54.9 Å². The van der Waals surface area contributed by atoms with E-state index in [1.165, 1.54) is 98.2 Å². The van der Waals surface area contributed by atoms with E-state index in [9.17, 15) is 28.6 Å². The van der Waals surface area contributed by atoms with Crippen LogP contribution in [-0.4, -0.2) is 85.7 Å². The number of benzene rings is 3. The number of aliphatic hydroxyl groups is 1. The Morgan fingerprint density at radius 1 is 0.833 bits per heavy atom. The van der Waals surface area contributed by atoms with Gasteiger partial charge < -0.3 is 34.3 Å². The van der Waals surface area contributed by atoms with Crippen LogP contribution in [0.5, 0.6) is 5.75 Å². The molecule has 0 saturated carbocycles. The molecule has 0 radical (unpaired) electrons. The van der Waals surface area contributed by atoms with Gasteiger partial charge in [0, 0.05) is 61.1 Å². The standard InChI is InChI=1S/C37H42F2N8O4.C18H34O2.Na/c1-3-35(26(2)48)47-36(49)46(25-42-47)31-7-5-29(6-8-31)43-14-16-44(17-15-43)30-9-11-32(12-10-30)50-20-27-19-37(51-21-27,22-45-24-40-23-41-45)33-13-4-28(38)18-34(33)39;1-2-3-4-5-6-7-8-9-10-11-12-13-14-15-16-17-18(19)20;/h4-13,18,23-27,35,48H,3,14-17,19-22H2,1-2H3;9-10H,2-8,11-17H2,1H3,(H,19,20);/q;;+1/p-1/b;10-9-;/t26-,27?,35-,37-;;/m0../s1. The second-order valence-electron chi connectivity index (χ2n) is 19.0. The number of ether oxygens (including phenoxy) is 2. The normalized spacial score (nSPS) is 17.6.